The first kappa shape index (κ1) is 22.8. The van der Waals surface area contributed by atoms with Crippen molar-refractivity contribution in [2.75, 3.05) is 4.72 Å². The summed E-state index contributed by atoms with van der Waals surface area (Å²) in [5, 5.41) is 10.1. The molecule has 3 aromatic rings. The predicted molar refractivity (Wildman–Crippen MR) is 118 cm³/mol. The summed E-state index contributed by atoms with van der Waals surface area (Å²) in [7, 11) is -3.98. The fourth-order valence-electron chi connectivity index (χ4n) is 2.87. The third kappa shape index (κ3) is 5.83. The number of aromatic nitrogens is 1. The van der Waals surface area contributed by atoms with Crippen LogP contribution in [0.2, 0.25) is 0 Å². The van der Waals surface area contributed by atoms with E-state index in [1.807, 2.05) is 13.8 Å². The van der Waals surface area contributed by atoms with Crippen LogP contribution in [-0.2, 0) is 15.8 Å². The number of carbonyl (C=O) groups is 1. The maximum absolute atomic E-state index is 13.0. The quantitative estimate of drug-likeness (QED) is 0.452. The Bertz CT molecular complexity index is 1180. The fraction of sp³-hybridized carbons (Fsp3) is 0.182. The zero-order valence-electron chi connectivity index (χ0n) is 16.9. The first-order valence-corrected chi connectivity index (χ1v) is 11.9. The van der Waals surface area contributed by atoms with Gasteiger partial charge < -0.3 is 5.11 Å². The van der Waals surface area contributed by atoms with Crippen LogP contribution in [0.3, 0.4) is 0 Å². The Morgan fingerprint density at radius 1 is 1.13 bits per heavy atom. The average molecular weight is 461 g/mol. The van der Waals surface area contributed by atoms with Crippen molar-refractivity contribution in [1.29, 1.82) is 0 Å². The summed E-state index contributed by atoms with van der Waals surface area (Å²) in [6.07, 6.45) is 1.39. The normalized spacial score (nSPS) is 11.5. The van der Waals surface area contributed by atoms with Crippen LogP contribution in [0.5, 0.6) is 0 Å². The summed E-state index contributed by atoms with van der Waals surface area (Å²) in [6, 6.07) is 13.5. The van der Waals surface area contributed by atoms with E-state index in [1.165, 1.54) is 48.3 Å². The summed E-state index contributed by atoms with van der Waals surface area (Å²) in [5.74, 6) is -0.929. The first-order chi connectivity index (χ1) is 14.7. The van der Waals surface area contributed by atoms with E-state index in [4.69, 9.17) is 0 Å². The van der Waals surface area contributed by atoms with Crippen molar-refractivity contribution < 1.29 is 22.7 Å². The molecule has 0 saturated heterocycles. The molecule has 0 spiro atoms. The van der Waals surface area contributed by atoms with Gasteiger partial charge in [0.25, 0.3) is 10.0 Å². The molecule has 2 N–H and O–H groups in total. The molecule has 0 amide bonds. The number of carboxylic acid groups (broad SMARTS) is 1. The van der Waals surface area contributed by atoms with Crippen molar-refractivity contribution in [2.24, 2.45) is 0 Å². The molecule has 1 heterocycles. The smallest absolute Gasteiger partial charge is 0.336 e. The number of hydrogen-bond acceptors (Lipinski definition) is 5. The number of carboxylic acids is 1. The van der Waals surface area contributed by atoms with Gasteiger partial charge in [-0.3, -0.25) is 4.72 Å². The maximum atomic E-state index is 13.0. The molecule has 162 valence electrons. The Morgan fingerprint density at radius 3 is 2.42 bits per heavy atom. The largest absolute Gasteiger partial charge is 0.478 e. The third-order valence-corrected chi connectivity index (χ3v) is 6.87. The van der Waals surface area contributed by atoms with Gasteiger partial charge >= 0.3 is 5.97 Å². The van der Waals surface area contributed by atoms with Crippen LogP contribution in [0.25, 0.3) is 0 Å². The number of hydrogen-bond donors (Lipinski definition) is 2. The Balaban J connectivity index is 1.72. The topological polar surface area (TPSA) is 96.4 Å². The van der Waals surface area contributed by atoms with E-state index in [1.54, 1.807) is 24.3 Å². The van der Waals surface area contributed by atoms with E-state index in [0.717, 1.165) is 5.56 Å². The van der Waals surface area contributed by atoms with Crippen molar-refractivity contribution in [3.05, 3.63) is 83.3 Å². The SMILES string of the molecule is CC(C)c1ccc(S(=O)(=O)Nc2ccc(SCc3ccc(F)cc3)nc2)cc1C(=O)O. The van der Waals surface area contributed by atoms with Gasteiger partial charge in [-0.15, -0.1) is 11.8 Å². The van der Waals surface area contributed by atoms with Gasteiger partial charge in [-0.05, 0) is 53.4 Å². The number of halogens is 1. The minimum Gasteiger partial charge on any atom is -0.478 e. The van der Waals surface area contributed by atoms with Gasteiger partial charge in [-0.25, -0.2) is 22.6 Å². The Labute approximate surface area is 184 Å². The summed E-state index contributed by atoms with van der Waals surface area (Å²) in [4.78, 5) is 15.6. The molecule has 0 atom stereocenters. The predicted octanol–water partition coefficient (Wildman–Crippen LogP) is 5.14. The zero-order chi connectivity index (χ0) is 22.6. The molecular weight excluding hydrogens is 439 g/mol. The van der Waals surface area contributed by atoms with E-state index >= 15 is 0 Å². The summed E-state index contributed by atoms with van der Waals surface area (Å²) in [6.45, 7) is 3.69. The van der Waals surface area contributed by atoms with Gasteiger partial charge in [-0.2, -0.15) is 0 Å². The number of benzene rings is 2. The highest BCUT2D eigenvalue weighted by atomic mass is 32.2. The second-order valence-electron chi connectivity index (χ2n) is 7.11. The van der Waals surface area contributed by atoms with Crippen molar-refractivity contribution in [3.63, 3.8) is 0 Å². The molecule has 31 heavy (non-hydrogen) atoms. The summed E-state index contributed by atoms with van der Waals surface area (Å²) in [5.41, 5.74) is 1.73. The molecule has 3 rings (SSSR count). The van der Waals surface area contributed by atoms with Crippen LogP contribution in [0.15, 0.2) is 70.7 Å². The molecule has 6 nitrogen and oxygen atoms in total. The molecule has 1 aromatic heterocycles. The van der Waals surface area contributed by atoms with Crippen LogP contribution in [-0.4, -0.2) is 24.5 Å². The van der Waals surface area contributed by atoms with Crippen LogP contribution in [0.1, 0.15) is 41.3 Å². The Hall–Kier alpha value is -2.91. The van der Waals surface area contributed by atoms with Gasteiger partial charge in [0, 0.05) is 5.75 Å². The van der Waals surface area contributed by atoms with Crippen molar-refractivity contribution in [2.45, 2.75) is 35.4 Å². The minimum atomic E-state index is -3.98. The molecular formula is C22H21FN2O4S2. The number of nitrogens with zero attached hydrogens (tertiary/aromatic N) is 1. The van der Waals surface area contributed by atoms with Gasteiger partial charge in [0.1, 0.15) is 5.82 Å². The highest BCUT2D eigenvalue weighted by Crippen LogP contribution is 2.26. The lowest BCUT2D eigenvalue weighted by Gasteiger charge is -2.13. The van der Waals surface area contributed by atoms with E-state index in [-0.39, 0.29) is 27.9 Å². The van der Waals surface area contributed by atoms with Crippen molar-refractivity contribution >= 4 is 33.4 Å². The van der Waals surface area contributed by atoms with E-state index < -0.39 is 16.0 Å². The Kier molecular flexibility index (Phi) is 6.97. The number of aromatic carboxylic acids is 1. The number of rotatable bonds is 8. The molecule has 0 saturated carbocycles. The number of sulfonamides is 1. The molecule has 0 aliphatic rings. The lowest BCUT2D eigenvalue weighted by Crippen LogP contribution is -2.15. The molecule has 0 bridgehead atoms. The van der Waals surface area contributed by atoms with Crippen LogP contribution in [0, 0.1) is 5.82 Å². The minimum absolute atomic E-state index is 0.0384. The van der Waals surface area contributed by atoms with Crippen LogP contribution < -0.4 is 4.72 Å². The van der Waals surface area contributed by atoms with Gasteiger partial charge in [0.2, 0.25) is 0 Å². The van der Waals surface area contributed by atoms with Gasteiger partial charge in [0.05, 0.1) is 27.4 Å². The number of nitrogens with one attached hydrogen (secondary N) is 1. The molecule has 9 heteroatoms. The van der Waals surface area contributed by atoms with E-state index in [2.05, 4.69) is 9.71 Å². The monoisotopic (exact) mass is 460 g/mol. The molecule has 0 fully saturated rings. The van der Waals surface area contributed by atoms with Crippen molar-refractivity contribution in [1.82, 2.24) is 4.98 Å². The standard InChI is InChI=1S/C22H21FN2O4S2/c1-14(2)19-9-8-18(11-20(19)22(26)27)31(28,29)25-17-7-10-21(24-12-17)30-13-15-3-5-16(23)6-4-15/h3-12,14,25H,13H2,1-2H3,(H,26,27). The molecule has 0 unspecified atom stereocenters. The fourth-order valence-corrected chi connectivity index (χ4v) is 4.74. The Morgan fingerprint density at radius 2 is 1.84 bits per heavy atom. The van der Waals surface area contributed by atoms with E-state index in [0.29, 0.717) is 16.3 Å². The second-order valence-corrected chi connectivity index (χ2v) is 9.79. The lowest BCUT2D eigenvalue weighted by atomic mass is 9.97. The maximum Gasteiger partial charge on any atom is 0.336 e. The van der Waals surface area contributed by atoms with Crippen molar-refractivity contribution in [3.8, 4) is 0 Å². The first-order valence-electron chi connectivity index (χ1n) is 9.39. The third-order valence-electron chi connectivity index (χ3n) is 4.48. The van der Waals surface area contributed by atoms with Gasteiger partial charge in [0.15, 0.2) is 0 Å². The summed E-state index contributed by atoms with van der Waals surface area (Å²) >= 11 is 1.44. The summed E-state index contributed by atoms with van der Waals surface area (Å²) < 4.78 is 40.8. The van der Waals surface area contributed by atoms with E-state index in [9.17, 15) is 22.7 Å². The van der Waals surface area contributed by atoms with Crippen LogP contribution >= 0.6 is 11.8 Å². The van der Waals surface area contributed by atoms with Crippen LogP contribution in [0.4, 0.5) is 10.1 Å². The molecule has 0 radical (unpaired) electrons. The number of thioether (sulfide) groups is 1. The average Bonchev–Trinajstić information content (AvgIpc) is 2.73. The zero-order valence-corrected chi connectivity index (χ0v) is 18.5. The van der Waals surface area contributed by atoms with Gasteiger partial charge in [-0.1, -0.05) is 32.0 Å². The molecule has 0 aliphatic carbocycles. The molecule has 0 aliphatic heterocycles. The lowest BCUT2D eigenvalue weighted by molar-refractivity contribution is 0.0695. The number of pyridine rings is 1. The number of anilines is 1. The second kappa shape index (κ2) is 9.49. The highest BCUT2D eigenvalue weighted by molar-refractivity contribution is 7.98. The molecule has 2 aromatic carbocycles. The highest BCUT2D eigenvalue weighted by Gasteiger charge is 2.20.